The number of benzene rings is 2. The standard InChI is InChI=1S/C24H27NO4.BrH/c1-25-20-12-18(13-21(25)23-22(20)29-23)28-24(26)19(17-10-6-3-7-11-17)15-27-14-16-8-4-2-5-9-16;/h2-11,18-23H,12-15H2,1H3;1H/t18?,19-,20-,21+,22-,23+;/m1./s1. The number of halogens is 1. The summed E-state index contributed by atoms with van der Waals surface area (Å²) < 4.78 is 17.7. The minimum atomic E-state index is -0.414. The number of carbonyl (C=O) groups excluding carboxylic acids is 1. The molecule has 2 bridgehead atoms. The fraction of sp³-hybridized carbons (Fsp3) is 0.458. The Bertz CT molecular complexity index is 831. The highest BCUT2D eigenvalue weighted by molar-refractivity contribution is 8.93. The summed E-state index contributed by atoms with van der Waals surface area (Å²) in [6, 6.07) is 20.6. The number of hydrogen-bond donors (Lipinski definition) is 0. The number of likely N-dealkylation sites (N-methyl/N-ethyl adjacent to an activating group) is 1. The van der Waals surface area contributed by atoms with Crippen molar-refractivity contribution in [3.8, 4) is 0 Å². The monoisotopic (exact) mass is 473 g/mol. The SMILES string of the molecule is Br.CN1[C@@H]2CC(OC(=O)[C@H](COCc3ccccc3)c3ccccc3)C[C@H]1[C@@H]1O[C@@H]12. The Hall–Kier alpha value is -1.73. The molecule has 0 aliphatic carbocycles. The number of morpholine rings is 1. The molecule has 3 aliphatic heterocycles. The topological polar surface area (TPSA) is 51.3 Å². The molecule has 6 heteroatoms. The highest BCUT2D eigenvalue weighted by Gasteiger charge is 2.62. The number of carbonyl (C=O) groups is 1. The summed E-state index contributed by atoms with van der Waals surface area (Å²) in [4.78, 5) is 15.5. The van der Waals surface area contributed by atoms with Crippen LogP contribution in [0.25, 0.3) is 0 Å². The van der Waals surface area contributed by atoms with Gasteiger partial charge in [-0.15, -0.1) is 17.0 Å². The molecule has 0 amide bonds. The fourth-order valence-corrected chi connectivity index (χ4v) is 4.90. The first-order valence-corrected chi connectivity index (χ1v) is 10.4. The average molecular weight is 474 g/mol. The van der Waals surface area contributed by atoms with E-state index in [2.05, 4.69) is 11.9 Å². The molecule has 0 spiro atoms. The van der Waals surface area contributed by atoms with Gasteiger partial charge in [0, 0.05) is 24.9 Å². The van der Waals surface area contributed by atoms with Gasteiger partial charge in [0.2, 0.25) is 0 Å². The van der Waals surface area contributed by atoms with Crippen LogP contribution in [0.4, 0.5) is 0 Å². The van der Waals surface area contributed by atoms with Crippen molar-refractivity contribution >= 4 is 23.0 Å². The third kappa shape index (κ3) is 4.33. The lowest BCUT2D eigenvalue weighted by Gasteiger charge is -2.38. The smallest absolute Gasteiger partial charge is 0.316 e. The van der Waals surface area contributed by atoms with E-state index >= 15 is 0 Å². The molecule has 5 nitrogen and oxygen atoms in total. The van der Waals surface area contributed by atoms with Crippen LogP contribution in [0, 0.1) is 0 Å². The molecule has 30 heavy (non-hydrogen) atoms. The lowest BCUT2D eigenvalue weighted by Crippen LogP contribution is -2.48. The molecule has 0 N–H and O–H groups in total. The van der Waals surface area contributed by atoms with Gasteiger partial charge < -0.3 is 14.2 Å². The van der Waals surface area contributed by atoms with E-state index < -0.39 is 5.92 Å². The Kier molecular flexibility index (Phi) is 6.58. The van der Waals surface area contributed by atoms with E-state index in [0.717, 1.165) is 24.0 Å². The zero-order valence-corrected chi connectivity index (χ0v) is 18.8. The second kappa shape index (κ2) is 9.18. The number of hydrogen-bond acceptors (Lipinski definition) is 5. The molecular weight excluding hydrogens is 446 g/mol. The first-order valence-electron chi connectivity index (χ1n) is 10.4. The van der Waals surface area contributed by atoms with Crippen LogP contribution >= 0.6 is 17.0 Å². The Morgan fingerprint density at radius 2 is 1.63 bits per heavy atom. The summed E-state index contributed by atoms with van der Waals surface area (Å²) in [6.45, 7) is 0.794. The Morgan fingerprint density at radius 1 is 1.03 bits per heavy atom. The number of esters is 1. The maximum Gasteiger partial charge on any atom is 0.316 e. The van der Waals surface area contributed by atoms with Crippen LogP contribution in [0.3, 0.4) is 0 Å². The highest BCUT2D eigenvalue weighted by Crippen LogP contribution is 2.48. The van der Waals surface area contributed by atoms with E-state index in [1.807, 2.05) is 60.7 Å². The second-order valence-electron chi connectivity index (χ2n) is 8.36. The van der Waals surface area contributed by atoms with Crippen molar-refractivity contribution in [1.82, 2.24) is 4.90 Å². The number of nitrogens with zero attached hydrogens (tertiary/aromatic N) is 1. The van der Waals surface area contributed by atoms with Crippen LogP contribution in [-0.2, 0) is 25.6 Å². The highest BCUT2D eigenvalue weighted by atomic mass is 79.9. The minimum Gasteiger partial charge on any atom is -0.462 e. The van der Waals surface area contributed by atoms with E-state index in [1.165, 1.54) is 0 Å². The molecule has 2 aromatic rings. The van der Waals surface area contributed by atoms with Gasteiger partial charge in [0.05, 0.1) is 13.2 Å². The van der Waals surface area contributed by atoms with Crippen molar-refractivity contribution in [3.63, 3.8) is 0 Å². The molecule has 6 atom stereocenters. The maximum atomic E-state index is 13.1. The van der Waals surface area contributed by atoms with Crippen LogP contribution < -0.4 is 0 Å². The minimum absolute atomic E-state index is 0. The molecular formula is C24H28BrNO4. The molecule has 0 radical (unpaired) electrons. The molecule has 0 saturated carbocycles. The summed E-state index contributed by atoms with van der Waals surface area (Å²) in [5, 5.41) is 0. The molecule has 3 saturated heterocycles. The van der Waals surface area contributed by atoms with Crippen molar-refractivity contribution in [1.29, 1.82) is 0 Å². The molecule has 3 fully saturated rings. The molecule has 3 heterocycles. The van der Waals surface area contributed by atoms with Gasteiger partial charge in [-0.25, -0.2) is 0 Å². The average Bonchev–Trinajstić information content (AvgIpc) is 3.51. The van der Waals surface area contributed by atoms with Gasteiger partial charge in [-0.2, -0.15) is 0 Å². The largest absolute Gasteiger partial charge is 0.462 e. The first kappa shape index (κ1) is 21.5. The number of ether oxygens (including phenoxy) is 3. The maximum absolute atomic E-state index is 13.1. The van der Waals surface area contributed by atoms with E-state index in [0.29, 0.717) is 37.5 Å². The first-order chi connectivity index (χ1) is 14.2. The van der Waals surface area contributed by atoms with Crippen molar-refractivity contribution in [2.24, 2.45) is 0 Å². The third-order valence-electron chi connectivity index (χ3n) is 6.54. The Labute approximate surface area is 188 Å². The Morgan fingerprint density at radius 3 is 2.27 bits per heavy atom. The van der Waals surface area contributed by atoms with Crippen LogP contribution in [0.5, 0.6) is 0 Å². The van der Waals surface area contributed by atoms with Crippen molar-refractivity contribution in [2.75, 3.05) is 13.7 Å². The van der Waals surface area contributed by atoms with E-state index in [9.17, 15) is 4.79 Å². The van der Waals surface area contributed by atoms with Crippen LogP contribution in [-0.4, -0.2) is 54.9 Å². The Balaban J connectivity index is 0.00000218. The predicted molar refractivity (Wildman–Crippen MR) is 119 cm³/mol. The van der Waals surface area contributed by atoms with Gasteiger partial charge in [0.15, 0.2) is 0 Å². The summed E-state index contributed by atoms with van der Waals surface area (Å²) in [6.07, 6.45) is 2.35. The van der Waals surface area contributed by atoms with Gasteiger partial charge in [-0.1, -0.05) is 60.7 Å². The van der Waals surface area contributed by atoms with E-state index in [1.54, 1.807) is 0 Å². The molecule has 5 rings (SSSR count). The summed E-state index contributed by atoms with van der Waals surface area (Å²) in [5.74, 6) is -0.601. The van der Waals surface area contributed by atoms with E-state index in [4.69, 9.17) is 14.2 Å². The van der Waals surface area contributed by atoms with Gasteiger partial charge in [0.1, 0.15) is 24.2 Å². The molecule has 2 aromatic carbocycles. The van der Waals surface area contributed by atoms with Crippen LogP contribution in [0.1, 0.15) is 29.9 Å². The van der Waals surface area contributed by atoms with Gasteiger partial charge in [0.25, 0.3) is 0 Å². The zero-order valence-electron chi connectivity index (χ0n) is 17.1. The van der Waals surface area contributed by atoms with Crippen molar-refractivity contribution in [3.05, 3.63) is 71.8 Å². The van der Waals surface area contributed by atoms with Crippen LogP contribution in [0.15, 0.2) is 60.7 Å². The lowest BCUT2D eigenvalue weighted by molar-refractivity contribution is -0.157. The predicted octanol–water partition coefficient (Wildman–Crippen LogP) is 3.72. The zero-order chi connectivity index (χ0) is 19.8. The normalized spacial score (nSPS) is 30.1. The van der Waals surface area contributed by atoms with Crippen molar-refractivity contribution in [2.45, 2.75) is 55.8 Å². The molecule has 160 valence electrons. The molecule has 0 aromatic heterocycles. The summed E-state index contributed by atoms with van der Waals surface area (Å²) in [5.41, 5.74) is 2.03. The third-order valence-corrected chi connectivity index (χ3v) is 6.54. The number of piperidine rings is 1. The van der Waals surface area contributed by atoms with Gasteiger partial charge in [-0.05, 0) is 18.2 Å². The molecule has 1 unspecified atom stereocenters. The summed E-state index contributed by atoms with van der Waals surface area (Å²) in [7, 11) is 2.16. The van der Waals surface area contributed by atoms with Gasteiger partial charge >= 0.3 is 5.97 Å². The summed E-state index contributed by atoms with van der Waals surface area (Å²) >= 11 is 0. The lowest BCUT2D eigenvalue weighted by atomic mass is 9.97. The number of fused-ring (bicyclic) bond motifs is 5. The van der Waals surface area contributed by atoms with Crippen molar-refractivity contribution < 1.29 is 19.0 Å². The van der Waals surface area contributed by atoms with E-state index in [-0.39, 0.29) is 29.1 Å². The number of epoxide rings is 1. The quantitative estimate of drug-likeness (QED) is 0.453. The second-order valence-corrected chi connectivity index (χ2v) is 8.36. The molecule has 3 aliphatic rings. The van der Waals surface area contributed by atoms with Gasteiger partial charge in [-0.3, -0.25) is 9.69 Å². The number of rotatable bonds is 7. The van der Waals surface area contributed by atoms with Crippen LogP contribution in [0.2, 0.25) is 0 Å². The fourth-order valence-electron chi connectivity index (χ4n) is 4.90.